The average molecular weight is 182 g/mol. The van der Waals surface area contributed by atoms with Crippen molar-refractivity contribution in [1.82, 2.24) is 0 Å². The van der Waals surface area contributed by atoms with Gasteiger partial charge in [0.25, 0.3) is 0 Å². The summed E-state index contributed by atoms with van der Waals surface area (Å²) in [7, 11) is 0. The molecule has 1 atom stereocenters. The van der Waals surface area contributed by atoms with E-state index < -0.39 is 0 Å². The Morgan fingerprint density at radius 1 is 1.23 bits per heavy atom. The fourth-order valence-electron chi connectivity index (χ4n) is 2.68. The summed E-state index contributed by atoms with van der Waals surface area (Å²) in [4.78, 5) is 10.6. The summed E-state index contributed by atoms with van der Waals surface area (Å²) in [6, 6.07) is 0. The molecule has 0 aromatic carbocycles. The van der Waals surface area contributed by atoms with Crippen LogP contribution in [0.25, 0.3) is 0 Å². The molecule has 13 heavy (non-hydrogen) atoms. The van der Waals surface area contributed by atoms with Crippen LogP contribution < -0.4 is 0 Å². The first-order valence-electron chi connectivity index (χ1n) is 5.69. The Morgan fingerprint density at radius 2 is 1.85 bits per heavy atom. The molecular formula is C12H22O. The molecule has 0 bridgehead atoms. The Morgan fingerprint density at radius 3 is 2.31 bits per heavy atom. The molecule has 0 N–H and O–H groups in total. The molecule has 0 spiro atoms. The molecule has 0 heterocycles. The molecule has 1 aliphatic carbocycles. The Bertz CT molecular complexity index is 145. The quantitative estimate of drug-likeness (QED) is 0.609. The second-order valence-corrected chi connectivity index (χ2v) is 4.71. The highest BCUT2D eigenvalue weighted by molar-refractivity contribution is 5.49. The van der Waals surface area contributed by atoms with Crippen LogP contribution in [0.15, 0.2) is 0 Å². The molecule has 1 rings (SSSR count). The zero-order valence-corrected chi connectivity index (χ0v) is 8.96. The van der Waals surface area contributed by atoms with Gasteiger partial charge in [-0.1, -0.05) is 46.0 Å². The van der Waals surface area contributed by atoms with Crippen molar-refractivity contribution in [3.05, 3.63) is 0 Å². The zero-order chi connectivity index (χ0) is 9.68. The van der Waals surface area contributed by atoms with Crippen LogP contribution >= 0.6 is 0 Å². The van der Waals surface area contributed by atoms with Crippen molar-refractivity contribution in [2.75, 3.05) is 0 Å². The minimum absolute atomic E-state index is 0.651. The number of aldehydes is 1. The first-order valence-corrected chi connectivity index (χ1v) is 5.69. The van der Waals surface area contributed by atoms with Gasteiger partial charge >= 0.3 is 0 Å². The number of carbonyl (C=O) groups excluding carboxylic acids is 1. The molecule has 1 heteroatoms. The van der Waals surface area contributed by atoms with E-state index in [0.717, 1.165) is 18.6 Å². The van der Waals surface area contributed by atoms with Crippen LogP contribution in [-0.2, 0) is 4.79 Å². The van der Waals surface area contributed by atoms with Crippen LogP contribution in [-0.4, -0.2) is 6.29 Å². The fraction of sp³-hybridized carbons (Fsp3) is 0.917. The average Bonchev–Trinajstić information content (AvgIpc) is 2.15. The van der Waals surface area contributed by atoms with Gasteiger partial charge in [0, 0.05) is 6.42 Å². The maximum Gasteiger partial charge on any atom is 0.120 e. The second-order valence-electron chi connectivity index (χ2n) is 4.71. The summed E-state index contributed by atoms with van der Waals surface area (Å²) in [6.45, 7) is 4.51. The van der Waals surface area contributed by atoms with Crippen molar-refractivity contribution in [1.29, 1.82) is 0 Å². The van der Waals surface area contributed by atoms with Gasteiger partial charge in [-0.25, -0.2) is 0 Å². The number of rotatable bonds is 4. The SMILES string of the molecule is CC(C)C(CC=O)C1CCCCC1. The number of carbonyl (C=O) groups is 1. The summed E-state index contributed by atoms with van der Waals surface area (Å²) in [5, 5.41) is 0. The summed E-state index contributed by atoms with van der Waals surface area (Å²) in [5.41, 5.74) is 0. The molecule has 1 saturated carbocycles. The van der Waals surface area contributed by atoms with Crippen LogP contribution in [0.3, 0.4) is 0 Å². The van der Waals surface area contributed by atoms with Gasteiger partial charge in [-0.2, -0.15) is 0 Å². The van der Waals surface area contributed by atoms with E-state index in [-0.39, 0.29) is 0 Å². The predicted octanol–water partition coefficient (Wildman–Crippen LogP) is 3.43. The molecule has 0 radical (unpaired) electrons. The van der Waals surface area contributed by atoms with Crippen LogP contribution in [0.4, 0.5) is 0 Å². The zero-order valence-electron chi connectivity index (χ0n) is 8.96. The highest BCUT2D eigenvalue weighted by Crippen LogP contribution is 2.35. The summed E-state index contributed by atoms with van der Waals surface area (Å²) >= 11 is 0. The fourth-order valence-corrected chi connectivity index (χ4v) is 2.68. The summed E-state index contributed by atoms with van der Waals surface area (Å²) in [5.74, 6) is 2.16. The van der Waals surface area contributed by atoms with E-state index in [0.29, 0.717) is 11.8 Å². The van der Waals surface area contributed by atoms with Gasteiger partial charge in [0.1, 0.15) is 6.29 Å². The lowest BCUT2D eigenvalue weighted by molar-refractivity contribution is -0.109. The Hall–Kier alpha value is -0.330. The Balaban J connectivity index is 2.46. The molecule has 0 amide bonds. The van der Waals surface area contributed by atoms with Gasteiger partial charge in [-0.3, -0.25) is 0 Å². The van der Waals surface area contributed by atoms with Gasteiger partial charge in [0.15, 0.2) is 0 Å². The van der Waals surface area contributed by atoms with Crippen molar-refractivity contribution in [2.24, 2.45) is 17.8 Å². The van der Waals surface area contributed by atoms with Crippen LogP contribution in [0.5, 0.6) is 0 Å². The first-order chi connectivity index (χ1) is 6.25. The molecule has 0 aliphatic heterocycles. The second kappa shape index (κ2) is 5.41. The van der Waals surface area contributed by atoms with Gasteiger partial charge in [-0.15, -0.1) is 0 Å². The predicted molar refractivity (Wildman–Crippen MR) is 55.6 cm³/mol. The first kappa shape index (κ1) is 10.7. The topological polar surface area (TPSA) is 17.1 Å². The van der Waals surface area contributed by atoms with Gasteiger partial charge in [0.05, 0.1) is 0 Å². The minimum Gasteiger partial charge on any atom is -0.303 e. The molecule has 0 aromatic heterocycles. The normalized spacial score (nSPS) is 21.8. The number of hydrogen-bond donors (Lipinski definition) is 0. The third kappa shape index (κ3) is 3.13. The van der Waals surface area contributed by atoms with E-state index >= 15 is 0 Å². The lowest BCUT2D eigenvalue weighted by Crippen LogP contribution is -2.23. The van der Waals surface area contributed by atoms with Crippen molar-refractivity contribution < 1.29 is 4.79 Å². The molecule has 1 nitrogen and oxygen atoms in total. The van der Waals surface area contributed by atoms with E-state index in [9.17, 15) is 4.79 Å². The highest BCUT2D eigenvalue weighted by atomic mass is 16.1. The maximum atomic E-state index is 10.6. The number of hydrogen-bond acceptors (Lipinski definition) is 1. The van der Waals surface area contributed by atoms with E-state index in [4.69, 9.17) is 0 Å². The largest absolute Gasteiger partial charge is 0.303 e. The molecule has 1 fully saturated rings. The van der Waals surface area contributed by atoms with Crippen LogP contribution in [0.2, 0.25) is 0 Å². The van der Waals surface area contributed by atoms with E-state index in [1.807, 2.05) is 0 Å². The molecular weight excluding hydrogens is 160 g/mol. The van der Waals surface area contributed by atoms with Crippen molar-refractivity contribution in [2.45, 2.75) is 52.4 Å². The van der Waals surface area contributed by atoms with Gasteiger partial charge in [-0.05, 0) is 17.8 Å². The molecule has 1 aliphatic rings. The summed E-state index contributed by atoms with van der Waals surface area (Å²) in [6.07, 6.45) is 8.77. The maximum absolute atomic E-state index is 10.6. The molecule has 0 aromatic rings. The van der Waals surface area contributed by atoms with Crippen molar-refractivity contribution in [3.8, 4) is 0 Å². The van der Waals surface area contributed by atoms with E-state index in [2.05, 4.69) is 13.8 Å². The van der Waals surface area contributed by atoms with E-state index in [1.54, 1.807) is 0 Å². The summed E-state index contributed by atoms with van der Waals surface area (Å²) < 4.78 is 0. The molecule has 1 unspecified atom stereocenters. The smallest absolute Gasteiger partial charge is 0.120 e. The van der Waals surface area contributed by atoms with Crippen molar-refractivity contribution in [3.63, 3.8) is 0 Å². The monoisotopic (exact) mass is 182 g/mol. The third-order valence-corrected chi connectivity index (χ3v) is 3.48. The Kier molecular flexibility index (Phi) is 4.47. The van der Waals surface area contributed by atoms with E-state index in [1.165, 1.54) is 32.1 Å². The van der Waals surface area contributed by atoms with Crippen LogP contribution in [0, 0.1) is 17.8 Å². The highest BCUT2D eigenvalue weighted by Gasteiger charge is 2.25. The molecule has 76 valence electrons. The Labute approximate surface area is 81.9 Å². The van der Waals surface area contributed by atoms with Gasteiger partial charge in [0.2, 0.25) is 0 Å². The minimum atomic E-state index is 0.651. The lowest BCUT2D eigenvalue weighted by Gasteiger charge is -2.31. The third-order valence-electron chi connectivity index (χ3n) is 3.48. The van der Waals surface area contributed by atoms with Crippen molar-refractivity contribution >= 4 is 6.29 Å². The molecule has 0 saturated heterocycles. The van der Waals surface area contributed by atoms with Gasteiger partial charge < -0.3 is 4.79 Å². The lowest BCUT2D eigenvalue weighted by atomic mass is 9.74. The van der Waals surface area contributed by atoms with Crippen LogP contribution in [0.1, 0.15) is 52.4 Å². The standard InChI is InChI=1S/C12H22O/c1-10(2)12(8-9-13)11-6-4-3-5-7-11/h9-12H,3-8H2,1-2H3.